The summed E-state index contributed by atoms with van der Waals surface area (Å²) < 4.78 is 5.58. The van der Waals surface area contributed by atoms with E-state index in [1.807, 2.05) is 24.3 Å². The minimum absolute atomic E-state index is 0. The summed E-state index contributed by atoms with van der Waals surface area (Å²) in [6, 6.07) is 7.45. The van der Waals surface area contributed by atoms with E-state index in [9.17, 15) is 0 Å². The molecule has 114 valence electrons. The maximum atomic E-state index is 5.99. The second kappa shape index (κ2) is 12.4. The summed E-state index contributed by atoms with van der Waals surface area (Å²) in [6.07, 6.45) is 2.08. The first-order valence-corrected chi connectivity index (χ1v) is 7.86. The van der Waals surface area contributed by atoms with Gasteiger partial charge in [0.15, 0.2) is 5.96 Å². The van der Waals surface area contributed by atoms with Gasteiger partial charge in [-0.15, -0.1) is 24.0 Å². The van der Waals surface area contributed by atoms with Gasteiger partial charge in [-0.3, -0.25) is 4.99 Å². The molecule has 20 heavy (non-hydrogen) atoms. The van der Waals surface area contributed by atoms with Gasteiger partial charge in [0, 0.05) is 19.3 Å². The zero-order valence-corrected chi connectivity index (χ0v) is 15.6. The molecular weight excluding hydrogens is 409 g/mol. The number of ether oxygens (including phenoxy) is 1. The van der Waals surface area contributed by atoms with Gasteiger partial charge in [-0.1, -0.05) is 23.7 Å². The second-order valence-electron chi connectivity index (χ2n) is 3.70. The summed E-state index contributed by atoms with van der Waals surface area (Å²) in [5.41, 5.74) is 0. The fourth-order valence-corrected chi connectivity index (χ4v) is 1.88. The standard InChI is InChI=1S/C13H20ClN3OS.HI/c1-15-13(17-8-10-19-2)16-7-9-18-12-6-4-3-5-11(12)14;/h3-6H,7-10H2,1-2H3,(H2,15,16,17);1H. The molecule has 0 aromatic heterocycles. The van der Waals surface area contributed by atoms with E-state index in [1.54, 1.807) is 18.8 Å². The number of halogens is 2. The number of para-hydroxylation sites is 1. The van der Waals surface area contributed by atoms with Crippen LogP contribution in [-0.4, -0.2) is 44.7 Å². The molecule has 0 bridgehead atoms. The van der Waals surface area contributed by atoms with Crippen molar-refractivity contribution < 1.29 is 4.74 Å². The van der Waals surface area contributed by atoms with Crippen LogP contribution >= 0.6 is 47.3 Å². The average molecular weight is 430 g/mol. The third-order valence-corrected chi connectivity index (χ3v) is 3.24. The number of hydrogen-bond acceptors (Lipinski definition) is 3. The Hall–Kier alpha value is -0.340. The lowest BCUT2D eigenvalue weighted by atomic mass is 10.3. The Morgan fingerprint density at radius 2 is 2.00 bits per heavy atom. The molecule has 0 aliphatic carbocycles. The first kappa shape index (κ1) is 19.7. The third kappa shape index (κ3) is 8.06. The highest BCUT2D eigenvalue weighted by molar-refractivity contribution is 14.0. The van der Waals surface area contributed by atoms with Crippen molar-refractivity contribution in [1.82, 2.24) is 10.6 Å². The Kier molecular flexibility index (Phi) is 12.2. The van der Waals surface area contributed by atoms with Gasteiger partial charge in [0.25, 0.3) is 0 Å². The molecule has 1 aromatic rings. The van der Waals surface area contributed by atoms with Crippen molar-refractivity contribution in [3.8, 4) is 5.75 Å². The van der Waals surface area contributed by atoms with Gasteiger partial charge in [0.2, 0.25) is 0 Å². The Morgan fingerprint density at radius 1 is 1.30 bits per heavy atom. The molecule has 0 aliphatic rings. The lowest BCUT2D eigenvalue weighted by Gasteiger charge is -2.12. The summed E-state index contributed by atoms with van der Waals surface area (Å²) in [7, 11) is 1.75. The van der Waals surface area contributed by atoms with Crippen LogP contribution in [0, 0.1) is 0 Å². The summed E-state index contributed by atoms with van der Waals surface area (Å²) in [5.74, 6) is 2.55. The SMILES string of the molecule is CN=C(NCCOc1ccccc1Cl)NCCSC.I. The molecule has 4 nitrogen and oxygen atoms in total. The average Bonchev–Trinajstić information content (AvgIpc) is 2.43. The number of rotatable bonds is 7. The predicted molar refractivity (Wildman–Crippen MR) is 100 cm³/mol. The van der Waals surface area contributed by atoms with Crippen LogP contribution in [-0.2, 0) is 0 Å². The molecule has 1 rings (SSSR count). The first-order chi connectivity index (χ1) is 9.27. The number of aliphatic imine (C=N–C) groups is 1. The van der Waals surface area contributed by atoms with E-state index in [1.165, 1.54) is 0 Å². The minimum atomic E-state index is 0. The lowest BCUT2D eigenvalue weighted by Crippen LogP contribution is -2.40. The molecule has 0 spiro atoms. The predicted octanol–water partition coefficient (Wildman–Crippen LogP) is 2.86. The topological polar surface area (TPSA) is 45.7 Å². The van der Waals surface area contributed by atoms with Crippen LogP contribution in [0.2, 0.25) is 5.02 Å². The summed E-state index contributed by atoms with van der Waals surface area (Å²) in [5, 5.41) is 7.03. The molecule has 0 saturated heterocycles. The highest BCUT2D eigenvalue weighted by Crippen LogP contribution is 2.22. The molecule has 0 heterocycles. The molecular formula is C13H21ClIN3OS. The van der Waals surface area contributed by atoms with E-state index in [4.69, 9.17) is 16.3 Å². The number of benzene rings is 1. The highest BCUT2D eigenvalue weighted by Gasteiger charge is 2.00. The zero-order chi connectivity index (χ0) is 13.9. The van der Waals surface area contributed by atoms with E-state index < -0.39 is 0 Å². The lowest BCUT2D eigenvalue weighted by molar-refractivity contribution is 0.322. The largest absolute Gasteiger partial charge is 0.490 e. The quantitative estimate of drug-likeness (QED) is 0.303. The fourth-order valence-electron chi connectivity index (χ4n) is 1.38. The normalized spacial score (nSPS) is 10.7. The molecule has 1 aromatic carbocycles. The van der Waals surface area contributed by atoms with Crippen molar-refractivity contribution in [2.45, 2.75) is 0 Å². The van der Waals surface area contributed by atoms with Crippen LogP contribution in [0.1, 0.15) is 0 Å². The van der Waals surface area contributed by atoms with E-state index in [-0.39, 0.29) is 24.0 Å². The van der Waals surface area contributed by atoms with Crippen LogP contribution in [0.3, 0.4) is 0 Å². The van der Waals surface area contributed by atoms with Gasteiger partial charge in [-0.25, -0.2) is 0 Å². The van der Waals surface area contributed by atoms with Crippen molar-refractivity contribution in [3.63, 3.8) is 0 Å². The van der Waals surface area contributed by atoms with Crippen molar-refractivity contribution in [1.29, 1.82) is 0 Å². The van der Waals surface area contributed by atoms with Gasteiger partial charge in [0.1, 0.15) is 12.4 Å². The maximum absolute atomic E-state index is 5.99. The van der Waals surface area contributed by atoms with E-state index in [0.717, 1.165) is 18.3 Å². The monoisotopic (exact) mass is 429 g/mol. The second-order valence-corrected chi connectivity index (χ2v) is 5.09. The molecule has 0 amide bonds. The molecule has 2 N–H and O–H groups in total. The fraction of sp³-hybridized carbons (Fsp3) is 0.462. The van der Waals surface area contributed by atoms with Gasteiger partial charge in [-0.2, -0.15) is 11.8 Å². The number of nitrogens with one attached hydrogen (secondary N) is 2. The number of thioether (sulfide) groups is 1. The molecule has 0 radical (unpaired) electrons. The molecule has 7 heteroatoms. The van der Waals surface area contributed by atoms with E-state index in [2.05, 4.69) is 21.9 Å². The molecule has 0 fully saturated rings. The van der Waals surface area contributed by atoms with E-state index in [0.29, 0.717) is 23.9 Å². The summed E-state index contributed by atoms with van der Waals surface area (Å²) >= 11 is 7.79. The van der Waals surface area contributed by atoms with Crippen LogP contribution in [0.15, 0.2) is 29.3 Å². The van der Waals surface area contributed by atoms with Gasteiger partial charge >= 0.3 is 0 Å². The van der Waals surface area contributed by atoms with Gasteiger partial charge in [0.05, 0.1) is 11.6 Å². The van der Waals surface area contributed by atoms with Crippen molar-refractivity contribution in [2.24, 2.45) is 4.99 Å². The first-order valence-electron chi connectivity index (χ1n) is 6.08. The van der Waals surface area contributed by atoms with Gasteiger partial charge in [-0.05, 0) is 18.4 Å². The minimum Gasteiger partial charge on any atom is -0.490 e. The number of nitrogens with zero attached hydrogens (tertiary/aromatic N) is 1. The van der Waals surface area contributed by atoms with Crippen molar-refractivity contribution >= 4 is 53.3 Å². The van der Waals surface area contributed by atoms with E-state index >= 15 is 0 Å². The molecule has 0 saturated carbocycles. The van der Waals surface area contributed by atoms with Crippen LogP contribution < -0.4 is 15.4 Å². The van der Waals surface area contributed by atoms with Crippen LogP contribution in [0.25, 0.3) is 0 Å². The zero-order valence-electron chi connectivity index (χ0n) is 11.7. The third-order valence-electron chi connectivity index (χ3n) is 2.31. The highest BCUT2D eigenvalue weighted by atomic mass is 127. The maximum Gasteiger partial charge on any atom is 0.191 e. The Bertz CT molecular complexity index is 407. The van der Waals surface area contributed by atoms with Crippen LogP contribution in [0.5, 0.6) is 5.75 Å². The number of guanidine groups is 1. The van der Waals surface area contributed by atoms with Gasteiger partial charge < -0.3 is 15.4 Å². The Balaban J connectivity index is 0.00000361. The Labute approximate surface area is 147 Å². The van der Waals surface area contributed by atoms with Crippen molar-refractivity contribution in [2.75, 3.05) is 38.8 Å². The summed E-state index contributed by atoms with van der Waals surface area (Å²) in [6.45, 7) is 2.10. The summed E-state index contributed by atoms with van der Waals surface area (Å²) in [4.78, 5) is 4.13. The smallest absolute Gasteiger partial charge is 0.191 e. The molecule has 0 atom stereocenters. The number of hydrogen-bond donors (Lipinski definition) is 2. The van der Waals surface area contributed by atoms with Crippen molar-refractivity contribution in [3.05, 3.63) is 29.3 Å². The molecule has 0 aliphatic heterocycles. The molecule has 0 unspecified atom stereocenters. The Morgan fingerprint density at radius 3 is 2.65 bits per heavy atom. The van der Waals surface area contributed by atoms with Crippen LogP contribution in [0.4, 0.5) is 0 Å².